The van der Waals surface area contributed by atoms with Crippen molar-refractivity contribution in [1.82, 2.24) is 15.5 Å². The highest BCUT2D eigenvalue weighted by molar-refractivity contribution is 9.11. The summed E-state index contributed by atoms with van der Waals surface area (Å²) in [5.74, 6) is 0. The summed E-state index contributed by atoms with van der Waals surface area (Å²) in [6, 6.07) is 4.66. The average molecular weight is 298 g/mol. The Morgan fingerprint density at radius 2 is 2.38 bits per heavy atom. The van der Waals surface area contributed by atoms with Gasteiger partial charge in [-0.05, 0) is 47.4 Å². The number of hydrogen-bond acceptors (Lipinski definition) is 3. The van der Waals surface area contributed by atoms with Crippen LogP contribution in [0.1, 0.15) is 24.6 Å². The monoisotopic (exact) mass is 297 g/mol. The predicted molar refractivity (Wildman–Crippen MR) is 69.6 cm³/mol. The van der Waals surface area contributed by atoms with Crippen molar-refractivity contribution >= 4 is 27.3 Å². The van der Waals surface area contributed by atoms with Gasteiger partial charge in [-0.25, -0.2) is 0 Å². The van der Waals surface area contributed by atoms with Crippen LogP contribution in [0.2, 0.25) is 0 Å². The summed E-state index contributed by atoms with van der Waals surface area (Å²) in [5, 5.41) is 10.8. The number of nitrogens with zero attached hydrogens (tertiary/aromatic N) is 1. The van der Waals surface area contributed by atoms with E-state index >= 15 is 0 Å². The predicted octanol–water partition coefficient (Wildman–Crippen LogP) is 3.33. The summed E-state index contributed by atoms with van der Waals surface area (Å²) in [6.07, 6.45) is 4.37. The van der Waals surface area contributed by atoms with E-state index in [0.717, 1.165) is 10.3 Å². The molecule has 3 heterocycles. The average Bonchev–Trinajstić information content (AvgIpc) is 2.96. The van der Waals surface area contributed by atoms with Crippen molar-refractivity contribution in [1.29, 1.82) is 0 Å². The van der Waals surface area contributed by atoms with E-state index in [1.165, 1.54) is 29.0 Å². The molecule has 3 nitrogen and oxygen atoms in total. The van der Waals surface area contributed by atoms with Crippen LogP contribution in [-0.2, 0) is 0 Å². The molecule has 2 aromatic heterocycles. The highest BCUT2D eigenvalue weighted by Gasteiger charge is 2.21. The van der Waals surface area contributed by atoms with Gasteiger partial charge in [-0.15, -0.1) is 11.3 Å². The molecule has 1 aliphatic heterocycles. The Kier molecular flexibility index (Phi) is 2.83. The molecule has 1 saturated heterocycles. The summed E-state index contributed by atoms with van der Waals surface area (Å²) in [7, 11) is 0. The summed E-state index contributed by atoms with van der Waals surface area (Å²) < 4.78 is 1.16. The van der Waals surface area contributed by atoms with Crippen LogP contribution in [0.3, 0.4) is 0 Å². The first-order valence-corrected chi connectivity index (χ1v) is 6.98. The van der Waals surface area contributed by atoms with Crippen molar-refractivity contribution in [2.45, 2.75) is 18.9 Å². The molecule has 3 rings (SSSR count). The van der Waals surface area contributed by atoms with E-state index in [2.05, 4.69) is 43.6 Å². The van der Waals surface area contributed by atoms with E-state index in [1.54, 1.807) is 11.3 Å². The molecule has 0 saturated carbocycles. The van der Waals surface area contributed by atoms with Gasteiger partial charge in [0.15, 0.2) is 0 Å². The van der Waals surface area contributed by atoms with Gasteiger partial charge >= 0.3 is 0 Å². The van der Waals surface area contributed by atoms with Crippen molar-refractivity contribution in [2.24, 2.45) is 0 Å². The summed E-state index contributed by atoms with van der Waals surface area (Å²) in [5.41, 5.74) is 2.46. The van der Waals surface area contributed by atoms with E-state index in [0.29, 0.717) is 6.04 Å². The molecule has 1 fully saturated rings. The highest BCUT2D eigenvalue weighted by Crippen LogP contribution is 2.36. The lowest BCUT2D eigenvalue weighted by molar-refractivity contribution is 0.627. The van der Waals surface area contributed by atoms with Gasteiger partial charge in [-0.3, -0.25) is 5.10 Å². The van der Waals surface area contributed by atoms with Crippen LogP contribution in [0.4, 0.5) is 0 Å². The second-order valence-corrected chi connectivity index (χ2v) is 6.41. The minimum absolute atomic E-state index is 0.443. The smallest absolute Gasteiger partial charge is 0.0705 e. The molecular formula is C11H12BrN3S. The fourth-order valence-electron chi connectivity index (χ4n) is 2.15. The second kappa shape index (κ2) is 4.31. The van der Waals surface area contributed by atoms with Gasteiger partial charge in [0.05, 0.1) is 15.7 Å². The van der Waals surface area contributed by atoms with Crippen molar-refractivity contribution < 1.29 is 0 Å². The Hall–Kier alpha value is -0.650. The maximum atomic E-state index is 4.18. The van der Waals surface area contributed by atoms with Crippen molar-refractivity contribution in [3.63, 3.8) is 0 Å². The molecule has 16 heavy (non-hydrogen) atoms. The molecule has 1 unspecified atom stereocenters. The number of thiophene rings is 1. The molecule has 1 atom stereocenters. The number of hydrogen-bond donors (Lipinski definition) is 2. The van der Waals surface area contributed by atoms with E-state index in [4.69, 9.17) is 0 Å². The molecule has 0 amide bonds. The van der Waals surface area contributed by atoms with Crippen LogP contribution in [0.25, 0.3) is 10.4 Å². The summed E-state index contributed by atoms with van der Waals surface area (Å²) in [4.78, 5) is 1.27. The summed E-state index contributed by atoms with van der Waals surface area (Å²) >= 11 is 5.25. The van der Waals surface area contributed by atoms with Crippen LogP contribution in [0, 0.1) is 0 Å². The Morgan fingerprint density at radius 3 is 3.06 bits per heavy atom. The van der Waals surface area contributed by atoms with Crippen molar-refractivity contribution in [3.05, 3.63) is 27.8 Å². The third-order valence-electron chi connectivity index (χ3n) is 2.92. The molecule has 0 radical (unpaired) electrons. The van der Waals surface area contributed by atoms with E-state index in [9.17, 15) is 0 Å². The van der Waals surface area contributed by atoms with Crippen molar-refractivity contribution in [2.75, 3.05) is 6.54 Å². The molecule has 0 aromatic carbocycles. The summed E-state index contributed by atoms with van der Waals surface area (Å²) in [6.45, 7) is 1.11. The zero-order valence-electron chi connectivity index (χ0n) is 8.66. The first-order valence-electron chi connectivity index (χ1n) is 5.37. The van der Waals surface area contributed by atoms with E-state index in [1.807, 2.05) is 6.20 Å². The van der Waals surface area contributed by atoms with Gasteiger partial charge in [0, 0.05) is 16.5 Å². The third-order valence-corrected chi connectivity index (χ3v) is 4.57. The van der Waals surface area contributed by atoms with Gasteiger partial charge in [-0.1, -0.05) is 0 Å². The molecule has 5 heteroatoms. The molecule has 2 aromatic rings. The number of halogens is 1. The van der Waals surface area contributed by atoms with Crippen LogP contribution in [0.15, 0.2) is 22.1 Å². The third kappa shape index (κ3) is 1.83. The minimum atomic E-state index is 0.443. The lowest BCUT2D eigenvalue weighted by Gasteiger charge is -2.09. The molecule has 0 aliphatic carbocycles. The fraction of sp³-hybridized carbons (Fsp3) is 0.364. The number of H-pyrrole nitrogens is 1. The van der Waals surface area contributed by atoms with Gasteiger partial charge in [-0.2, -0.15) is 5.10 Å². The van der Waals surface area contributed by atoms with E-state index in [-0.39, 0.29) is 0 Å². The standard InChI is InChI=1S/C11H12BrN3S/c12-10-4-3-9(16-10)7-6-14-15-11(7)8-2-1-5-13-8/h3-4,6,8,13H,1-2,5H2,(H,14,15). The Morgan fingerprint density at radius 1 is 1.44 bits per heavy atom. The molecule has 0 bridgehead atoms. The topological polar surface area (TPSA) is 40.7 Å². The first-order chi connectivity index (χ1) is 7.84. The maximum Gasteiger partial charge on any atom is 0.0705 e. The van der Waals surface area contributed by atoms with Gasteiger partial charge in [0.1, 0.15) is 0 Å². The lowest BCUT2D eigenvalue weighted by atomic mass is 10.1. The largest absolute Gasteiger partial charge is 0.309 e. The molecule has 0 spiro atoms. The normalized spacial score (nSPS) is 20.4. The molecular weight excluding hydrogens is 286 g/mol. The minimum Gasteiger partial charge on any atom is -0.309 e. The quantitative estimate of drug-likeness (QED) is 0.893. The Labute approximate surface area is 106 Å². The number of aromatic nitrogens is 2. The van der Waals surface area contributed by atoms with Crippen LogP contribution in [0.5, 0.6) is 0 Å². The number of nitrogens with one attached hydrogen (secondary N) is 2. The van der Waals surface area contributed by atoms with Crippen LogP contribution >= 0.6 is 27.3 Å². The first kappa shape index (κ1) is 10.5. The van der Waals surface area contributed by atoms with Crippen molar-refractivity contribution in [3.8, 4) is 10.4 Å². The number of aromatic amines is 1. The SMILES string of the molecule is Brc1ccc(-c2cn[nH]c2C2CCCN2)s1. The Bertz CT molecular complexity index is 485. The molecule has 1 aliphatic rings. The van der Waals surface area contributed by atoms with Crippen LogP contribution in [-0.4, -0.2) is 16.7 Å². The maximum absolute atomic E-state index is 4.18. The highest BCUT2D eigenvalue weighted by atomic mass is 79.9. The van der Waals surface area contributed by atoms with Gasteiger partial charge in [0.2, 0.25) is 0 Å². The molecule has 2 N–H and O–H groups in total. The van der Waals surface area contributed by atoms with E-state index < -0.39 is 0 Å². The zero-order valence-corrected chi connectivity index (χ0v) is 11.1. The van der Waals surface area contributed by atoms with Gasteiger partial charge in [0.25, 0.3) is 0 Å². The zero-order chi connectivity index (χ0) is 11.0. The second-order valence-electron chi connectivity index (χ2n) is 3.95. The molecule has 84 valence electrons. The van der Waals surface area contributed by atoms with Gasteiger partial charge < -0.3 is 5.32 Å². The number of rotatable bonds is 2. The Balaban J connectivity index is 1.98. The van der Waals surface area contributed by atoms with Crippen LogP contribution < -0.4 is 5.32 Å². The fourth-order valence-corrected chi connectivity index (χ4v) is 3.56. The lowest BCUT2D eigenvalue weighted by Crippen LogP contribution is -2.13.